The Morgan fingerprint density at radius 1 is 1.29 bits per heavy atom. The Morgan fingerprint density at radius 3 is 2.57 bits per heavy atom. The van der Waals surface area contributed by atoms with Crippen molar-refractivity contribution in [3.05, 3.63) is 29.8 Å². The molecule has 21 heavy (non-hydrogen) atoms. The molecule has 0 saturated carbocycles. The van der Waals surface area contributed by atoms with E-state index in [4.69, 9.17) is 10.2 Å². The molecule has 116 valence electrons. The normalized spacial score (nSPS) is 11.5. The van der Waals surface area contributed by atoms with Crippen molar-refractivity contribution in [1.82, 2.24) is 4.31 Å². The number of sulfonamides is 1. The lowest BCUT2D eigenvalue weighted by Gasteiger charge is -2.25. The quantitative estimate of drug-likeness (QED) is 0.762. The molecule has 0 heterocycles. The fraction of sp³-hybridized carbons (Fsp3) is 0.467. The first-order valence-electron chi connectivity index (χ1n) is 6.76. The van der Waals surface area contributed by atoms with Gasteiger partial charge in [-0.25, -0.2) is 8.42 Å². The molecular weight excluding hydrogens is 290 g/mol. The van der Waals surface area contributed by atoms with Crippen LogP contribution in [0.15, 0.2) is 29.2 Å². The lowest BCUT2D eigenvalue weighted by atomic mass is 10.2. The Bertz CT molecular complexity index is 614. The lowest BCUT2D eigenvalue weighted by Crippen LogP contribution is -2.38. The summed E-state index contributed by atoms with van der Waals surface area (Å²) in [6.07, 6.45) is 0.390. The van der Waals surface area contributed by atoms with E-state index in [1.54, 1.807) is 26.0 Å². The number of aliphatic hydroxyl groups excluding tert-OH is 2. The Hall–Kier alpha value is -1.39. The Kier molecular flexibility index (Phi) is 6.85. The maximum atomic E-state index is 12.7. The molecule has 6 heteroatoms. The molecule has 0 aliphatic heterocycles. The third-order valence-corrected chi connectivity index (χ3v) is 4.94. The van der Waals surface area contributed by atoms with Crippen LogP contribution in [0, 0.1) is 11.8 Å². The van der Waals surface area contributed by atoms with Crippen molar-refractivity contribution in [2.45, 2.75) is 31.2 Å². The summed E-state index contributed by atoms with van der Waals surface area (Å²) < 4.78 is 26.7. The minimum absolute atomic E-state index is 0.0548. The van der Waals surface area contributed by atoms with Crippen LogP contribution in [-0.4, -0.2) is 48.7 Å². The monoisotopic (exact) mass is 311 g/mol. The highest BCUT2D eigenvalue weighted by molar-refractivity contribution is 7.89. The van der Waals surface area contributed by atoms with Crippen molar-refractivity contribution in [2.24, 2.45) is 0 Å². The van der Waals surface area contributed by atoms with E-state index in [1.807, 2.05) is 0 Å². The van der Waals surface area contributed by atoms with Crippen molar-refractivity contribution >= 4 is 10.0 Å². The first kappa shape index (κ1) is 17.7. The summed E-state index contributed by atoms with van der Waals surface area (Å²) >= 11 is 0. The van der Waals surface area contributed by atoms with E-state index in [-0.39, 0.29) is 30.7 Å². The summed E-state index contributed by atoms with van der Waals surface area (Å²) in [5.41, 5.74) is 0.538. The Morgan fingerprint density at radius 2 is 2.00 bits per heavy atom. The van der Waals surface area contributed by atoms with E-state index in [9.17, 15) is 8.42 Å². The third-order valence-electron chi connectivity index (χ3n) is 2.86. The van der Waals surface area contributed by atoms with Gasteiger partial charge in [-0.3, -0.25) is 0 Å². The van der Waals surface area contributed by atoms with Crippen molar-refractivity contribution in [2.75, 3.05) is 19.8 Å². The van der Waals surface area contributed by atoms with Crippen LogP contribution in [0.4, 0.5) is 0 Å². The van der Waals surface area contributed by atoms with Crippen molar-refractivity contribution in [3.8, 4) is 11.8 Å². The fourth-order valence-electron chi connectivity index (χ4n) is 1.89. The maximum Gasteiger partial charge on any atom is 0.243 e. The van der Waals surface area contributed by atoms with Gasteiger partial charge in [0.15, 0.2) is 0 Å². The van der Waals surface area contributed by atoms with E-state index in [2.05, 4.69) is 11.8 Å². The molecule has 0 amide bonds. The molecule has 2 N–H and O–H groups in total. The largest absolute Gasteiger partial charge is 0.396 e. The van der Waals surface area contributed by atoms with Gasteiger partial charge in [0, 0.05) is 24.8 Å². The number of nitrogens with zero attached hydrogens (tertiary/aromatic N) is 1. The van der Waals surface area contributed by atoms with Crippen LogP contribution in [-0.2, 0) is 10.0 Å². The van der Waals surface area contributed by atoms with Crippen molar-refractivity contribution < 1.29 is 18.6 Å². The average molecular weight is 311 g/mol. The van der Waals surface area contributed by atoms with Gasteiger partial charge in [-0.2, -0.15) is 4.31 Å². The molecule has 0 spiro atoms. The summed E-state index contributed by atoms with van der Waals surface area (Å²) in [6, 6.07) is 6.13. The van der Waals surface area contributed by atoms with Crippen LogP contribution >= 0.6 is 0 Å². The van der Waals surface area contributed by atoms with Gasteiger partial charge >= 0.3 is 0 Å². The van der Waals surface area contributed by atoms with Crippen molar-refractivity contribution in [3.63, 3.8) is 0 Å². The molecule has 0 aliphatic carbocycles. The number of benzene rings is 1. The van der Waals surface area contributed by atoms with Crippen LogP contribution in [0.25, 0.3) is 0 Å². The number of hydrogen-bond acceptors (Lipinski definition) is 4. The van der Waals surface area contributed by atoms with Gasteiger partial charge in [-0.1, -0.05) is 17.9 Å². The van der Waals surface area contributed by atoms with Crippen LogP contribution < -0.4 is 0 Å². The molecule has 1 aromatic carbocycles. The van der Waals surface area contributed by atoms with Gasteiger partial charge in [-0.15, -0.1) is 0 Å². The van der Waals surface area contributed by atoms with Crippen LogP contribution in [0.2, 0.25) is 0 Å². The Balaban J connectivity index is 3.15. The van der Waals surface area contributed by atoms with E-state index in [0.717, 1.165) is 0 Å². The molecule has 0 aromatic heterocycles. The van der Waals surface area contributed by atoms with Crippen LogP contribution in [0.5, 0.6) is 0 Å². The molecule has 5 nitrogen and oxygen atoms in total. The van der Waals surface area contributed by atoms with Crippen molar-refractivity contribution in [1.29, 1.82) is 0 Å². The lowest BCUT2D eigenvalue weighted by molar-refractivity contribution is 0.258. The summed E-state index contributed by atoms with van der Waals surface area (Å²) in [4.78, 5) is 0.166. The summed E-state index contributed by atoms with van der Waals surface area (Å²) in [5.74, 6) is 5.19. The third kappa shape index (κ3) is 4.83. The molecule has 0 bridgehead atoms. The molecule has 0 radical (unpaired) electrons. The molecule has 0 fully saturated rings. The minimum Gasteiger partial charge on any atom is -0.396 e. The number of aliphatic hydroxyl groups is 2. The molecule has 0 atom stereocenters. The predicted octanol–water partition coefficient (Wildman–Crippen LogP) is 0.812. The Labute approximate surface area is 126 Å². The summed E-state index contributed by atoms with van der Waals surface area (Å²) in [5, 5.41) is 17.6. The summed E-state index contributed by atoms with van der Waals surface area (Å²) in [7, 11) is -3.63. The van der Waals surface area contributed by atoms with Gasteiger partial charge in [0.1, 0.15) is 6.61 Å². The van der Waals surface area contributed by atoms with Gasteiger partial charge in [0.05, 0.1) is 4.90 Å². The zero-order chi connectivity index (χ0) is 15.9. The second-order valence-corrected chi connectivity index (χ2v) is 6.66. The second-order valence-electron chi connectivity index (χ2n) is 4.77. The first-order valence-corrected chi connectivity index (χ1v) is 8.20. The molecule has 1 aromatic rings. The van der Waals surface area contributed by atoms with Crippen LogP contribution in [0.1, 0.15) is 25.8 Å². The van der Waals surface area contributed by atoms with Gasteiger partial charge in [0.25, 0.3) is 0 Å². The highest BCUT2D eigenvalue weighted by atomic mass is 32.2. The van der Waals surface area contributed by atoms with E-state index < -0.39 is 10.0 Å². The molecule has 1 rings (SSSR count). The summed E-state index contributed by atoms with van der Waals surface area (Å²) in [6.45, 7) is 3.53. The minimum atomic E-state index is -3.63. The zero-order valence-corrected chi connectivity index (χ0v) is 13.1. The van der Waals surface area contributed by atoms with E-state index >= 15 is 0 Å². The fourth-order valence-corrected chi connectivity index (χ4v) is 3.62. The van der Waals surface area contributed by atoms with Gasteiger partial charge in [0.2, 0.25) is 10.0 Å². The van der Waals surface area contributed by atoms with E-state index in [0.29, 0.717) is 12.0 Å². The molecule has 0 aliphatic rings. The highest BCUT2D eigenvalue weighted by Crippen LogP contribution is 2.19. The molecule has 0 unspecified atom stereocenters. The highest BCUT2D eigenvalue weighted by Gasteiger charge is 2.26. The van der Waals surface area contributed by atoms with Gasteiger partial charge in [-0.05, 0) is 38.5 Å². The number of rotatable bonds is 6. The SMILES string of the molecule is CC(C)N(CCCO)S(=O)(=O)c1cccc(C#CCO)c1. The standard InChI is InChI=1S/C15H21NO4S/c1-13(2)16(9-5-11-18)21(19,20)15-8-3-6-14(12-15)7-4-10-17/h3,6,8,12-13,17-18H,5,9-11H2,1-2H3. The molecule has 0 saturated heterocycles. The number of hydrogen-bond donors (Lipinski definition) is 2. The zero-order valence-electron chi connectivity index (χ0n) is 12.3. The van der Waals surface area contributed by atoms with E-state index in [1.165, 1.54) is 16.4 Å². The topological polar surface area (TPSA) is 77.8 Å². The van der Waals surface area contributed by atoms with Crippen LogP contribution in [0.3, 0.4) is 0 Å². The van der Waals surface area contributed by atoms with Gasteiger partial charge < -0.3 is 10.2 Å². The maximum absolute atomic E-state index is 12.7. The molecular formula is C15H21NO4S. The first-order chi connectivity index (χ1) is 9.93. The second kappa shape index (κ2) is 8.15. The average Bonchev–Trinajstić information content (AvgIpc) is 2.45. The smallest absolute Gasteiger partial charge is 0.243 e. The predicted molar refractivity (Wildman–Crippen MR) is 81.1 cm³/mol.